The highest BCUT2D eigenvalue weighted by atomic mass is 79.9. The number of hydrogen-bond acceptors (Lipinski definition) is 3. The lowest BCUT2D eigenvalue weighted by Crippen LogP contribution is -1.84. The van der Waals surface area contributed by atoms with E-state index >= 15 is 0 Å². The number of fused-ring (bicyclic) bond motifs is 1. The first-order valence-electron chi connectivity index (χ1n) is 5.35. The van der Waals surface area contributed by atoms with E-state index in [9.17, 15) is 0 Å². The van der Waals surface area contributed by atoms with Crippen LogP contribution in [0.15, 0.2) is 43.7 Å². The molecular weight excluding hydrogens is 395 g/mol. The zero-order valence-corrected chi connectivity index (χ0v) is 13.4. The summed E-state index contributed by atoms with van der Waals surface area (Å²) in [7, 11) is 0. The van der Waals surface area contributed by atoms with Crippen LogP contribution in [0, 0.1) is 0 Å². The van der Waals surface area contributed by atoms with Crippen molar-refractivity contribution in [1.29, 1.82) is 0 Å². The predicted molar refractivity (Wildman–Crippen MR) is 84.3 cm³/mol. The monoisotopic (exact) mass is 400 g/mol. The summed E-state index contributed by atoms with van der Waals surface area (Å²) in [5, 5.41) is 0.474. The Morgan fingerprint density at radius 3 is 2.68 bits per heavy atom. The quantitative estimate of drug-likeness (QED) is 0.565. The van der Waals surface area contributed by atoms with Crippen LogP contribution in [0.3, 0.4) is 0 Å². The first-order valence-corrected chi connectivity index (χ1v) is 7.32. The maximum atomic E-state index is 5.97. The van der Waals surface area contributed by atoms with Crippen molar-refractivity contribution in [3.63, 3.8) is 0 Å². The van der Waals surface area contributed by atoms with Crippen LogP contribution in [0.25, 0.3) is 22.6 Å². The maximum Gasteiger partial charge on any atom is 0.228 e. The zero-order valence-electron chi connectivity index (χ0n) is 9.45. The number of rotatable bonds is 1. The van der Waals surface area contributed by atoms with Gasteiger partial charge in [-0.1, -0.05) is 27.5 Å². The Kier molecular flexibility index (Phi) is 3.28. The van der Waals surface area contributed by atoms with Crippen LogP contribution in [0.1, 0.15) is 0 Å². The van der Waals surface area contributed by atoms with E-state index in [1.54, 1.807) is 12.1 Å². The summed E-state index contributed by atoms with van der Waals surface area (Å²) in [5.41, 5.74) is 8.40. The summed E-state index contributed by atoms with van der Waals surface area (Å²) in [6, 6.07) is 9.17. The first kappa shape index (κ1) is 13.0. The maximum absolute atomic E-state index is 5.97. The van der Waals surface area contributed by atoms with Gasteiger partial charge in [0.1, 0.15) is 5.52 Å². The van der Waals surface area contributed by atoms with Gasteiger partial charge in [-0.3, -0.25) is 0 Å². The fraction of sp³-hybridized carbons (Fsp3) is 0. The van der Waals surface area contributed by atoms with Crippen molar-refractivity contribution in [3.05, 3.63) is 44.3 Å². The molecule has 3 aromatic rings. The van der Waals surface area contributed by atoms with Crippen molar-refractivity contribution in [1.82, 2.24) is 4.98 Å². The zero-order chi connectivity index (χ0) is 13.6. The molecule has 0 unspecified atom stereocenters. The van der Waals surface area contributed by atoms with Gasteiger partial charge in [0.2, 0.25) is 5.89 Å². The number of halogens is 3. The van der Waals surface area contributed by atoms with Crippen LogP contribution in [0.5, 0.6) is 0 Å². The molecule has 0 aliphatic carbocycles. The van der Waals surface area contributed by atoms with Crippen molar-refractivity contribution in [2.45, 2.75) is 0 Å². The fourth-order valence-corrected chi connectivity index (χ4v) is 3.12. The molecule has 3 rings (SSSR count). The topological polar surface area (TPSA) is 52.0 Å². The molecule has 0 amide bonds. The minimum Gasteiger partial charge on any atom is -0.436 e. The third-order valence-corrected chi connectivity index (χ3v) is 4.15. The fourth-order valence-electron chi connectivity index (χ4n) is 1.74. The van der Waals surface area contributed by atoms with Gasteiger partial charge >= 0.3 is 0 Å². The van der Waals surface area contributed by atoms with E-state index in [1.165, 1.54) is 0 Å². The summed E-state index contributed by atoms with van der Waals surface area (Å²) in [5.74, 6) is 0.524. The number of nitrogens with zero attached hydrogens (tertiary/aromatic N) is 1. The minimum atomic E-state index is 0.474. The van der Waals surface area contributed by atoms with Crippen molar-refractivity contribution < 1.29 is 4.42 Å². The van der Waals surface area contributed by atoms with Crippen molar-refractivity contribution >= 4 is 60.2 Å². The van der Waals surface area contributed by atoms with Crippen molar-refractivity contribution in [2.24, 2.45) is 0 Å². The van der Waals surface area contributed by atoms with Crippen LogP contribution in [-0.2, 0) is 0 Å². The van der Waals surface area contributed by atoms with Crippen molar-refractivity contribution in [2.75, 3.05) is 5.73 Å². The Morgan fingerprint density at radius 1 is 1.16 bits per heavy atom. The average molecular weight is 402 g/mol. The Bertz CT molecular complexity index is 747. The van der Waals surface area contributed by atoms with E-state index in [-0.39, 0.29) is 0 Å². The van der Waals surface area contributed by atoms with Gasteiger partial charge in [-0.25, -0.2) is 4.98 Å². The largest absolute Gasteiger partial charge is 0.436 e. The molecule has 19 heavy (non-hydrogen) atoms. The molecular formula is C13H7Br2ClN2O. The smallest absolute Gasteiger partial charge is 0.228 e. The lowest BCUT2D eigenvalue weighted by Gasteiger charge is -1.99. The number of hydrogen-bond donors (Lipinski definition) is 1. The molecule has 0 atom stereocenters. The van der Waals surface area contributed by atoms with Crippen molar-refractivity contribution in [3.8, 4) is 11.5 Å². The summed E-state index contributed by atoms with van der Waals surface area (Å²) < 4.78 is 7.59. The Labute approximate surface area is 131 Å². The number of benzene rings is 2. The lowest BCUT2D eigenvalue weighted by molar-refractivity contribution is 0.619. The summed E-state index contributed by atoms with van der Waals surface area (Å²) in [6.45, 7) is 0. The Balaban J connectivity index is 2.20. The van der Waals surface area contributed by atoms with E-state index in [0.29, 0.717) is 27.7 Å². The predicted octanol–water partition coefficient (Wildman–Crippen LogP) is 5.26. The number of oxazole rings is 1. The SMILES string of the molecule is Nc1cc2oc(-c3ccc(Br)cc3Br)nc2cc1Cl. The standard InChI is InChI=1S/C13H7Br2ClN2O/c14-6-1-2-7(8(15)3-6)13-18-11-4-9(16)10(17)5-12(11)19-13/h1-5H,17H2. The van der Waals surface area contributed by atoms with Gasteiger partial charge in [0.15, 0.2) is 5.58 Å². The number of anilines is 1. The van der Waals surface area contributed by atoms with Gasteiger partial charge in [-0.05, 0) is 40.2 Å². The molecule has 96 valence electrons. The first-order chi connectivity index (χ1) is 9.04. The molecule has 0 fully saturated rings. The van der Waals surface area contributed by atoms with Crippen LogP contribution in [0.4, 0.5) is 5.69 Å². The van der Waals surface area contributed by atoms with Gasteiger partial charge in [0, 0.05) is 15.0 Å². The second kappa shape index (κ2) is 4.81. The molecule has 0 saturated heterocycles. The molecule has 0 aliphatic heterocycles. The van der Waals surface area contributed by atoms with Crippen LogP contribution in [-0.4, -0.2) is 4.98 Å². The molecule has 6 heteroatoms. The van der Waals surface area contributed by atoms with Gasteiger partial charge in [0.05, 0.1) is 16.3 Å². The van der Waals surface area contributed by atoms with E-state index in [4.69, 9.17) is 21.8 Å². The molecule has 0 aliphatic rings. The van der Waals surface area contributed by atoms with Crippen LogP contribution in [0.2, 0.25) is 5.02 Å². The molecule has 3 nitrogen and oxygen atoms in total. The molecule has 1 heterocycles. The van der Waals surface area contributed by atoms with Crippen LogP contribution >= 0.6 is 43.5 Å². The van der Waals surface area contributed by atoms with E-state index < -0.39 is 0 Å². The summed E-state index contributed by atoms with van der Waals surface area (Å²) in [4.78, 5) is 4.42. The Hall–Kier alpha value is -1.04. The summed E-state index contributed by atoms with van der Waals surface area (Å²) >= 11 is 12.9. The summed E-state index contributed by atoms with van der Waals surface area (Å²) in [6.07, 6.45) is 0. The molecule has 1 aromatic heterocycles. The normalized spacial score (nSPS) is 11.1. The third-order valence-electron chi connectivity index (χ3n) is 2.67. The lowest BCUT2D eigenvalue weighted by atomic mass is 10.2. The number of aromatic nitrogens is 1. The average Bonchev–Trinajstić information content (AvgIpc) is 2.72. The minimum absolute atomic E-state index is 0.474. The molecule has 2 aromatic carbocycles. The second-order valence-electron chi connectivity index (χ2n) is 3.98. The highest BCUT2D eigenvalue weighted by molar-refractivity contribution is 9.11. The van der Waals surface area contributed by atoms with Gasteiger partial charge < -0.3 is 10.2 Å². The number of nitrogen functional groups attached to an aromatic ring is 1. The van der Waals surface area contributed by atoms with Gasteiger partial charge in [-0.15, -0.1) is 0 Å². The van der Waals surface area contributed by atoms with E-state index in [0.717, 1.165) is 14.5 Å². The molecule has 0 radical (unpaired) electrons. The molecule has 0 spiro atoms. The third kappa shape index (κ3) is 2.38. The highest BCUT2D eigenvalue weighted by Gasteiger charge is 2.13. The molecule has 0 saturated carbocycles. The highest BCUT2D eigenvalue weighted by Crippen LogP contribution is 2.34. The van der Waals surface area contributed by atoms with Gasteiger partial charge in [-0.2, -0.15) is 0 Å². The van der Waals surface area contributed by atoms with Crippen LogP contribution < -0.4 is 5.73 Å². The molecule has 0 bridgehead atoms. The van der Waals surface area contributed by atoms with E-state index in [2.05, 4.69) is 36.8 Å². The van der Waals surface area contributed by atoms with Gasteiger partial charge in [0.25, 0.3) is 0 Å². The number of nitrogens with two attached hydrogens (primary N) is 1. The second-order valence-corrected chi connectivity index (χ2v) is 6.16. The van der Waals surface area contributed by atoms with E-state index in [1.807, 2.05) is 18.2 Å². The Morgan fingerprint density at radius 2 is 1.95 bits per heavy atom. The molecule has 2 N–H and O–H groups in total.